The van der Waals surface area contributed by atoms with Crippen molar-refractivity contribution in [3.63, 3.8) is 0 Å². The lowest BCUT2D eigenvalue weighted by Crippen LogP contribution is -2.24. The highest BCUT2D eigenvalue weighted by Gasteiger charge is 2.16. The van der Waals surface area contributed by atoms with E-state index in [0.717, 1.165) is 11.1 Å². The number of methoxy groups -OCH3 is 1. The minimum atomic E-state index is -0.377. The lowest BCUT2D eigenvalue weighted by atomic mass is 10.0. The minimum absolute atomic E-state index is 0.0676. The van der Waals surface area contributed by atoms with Gasteiger partial charge in [-0.05, 0) is 30.7 Å². The van der Waals surface area contributed by atoms with Crippen LogP contribution in [0.25, 0.3) is 6.08 Å². The second kappa shape index (κ2) is 6.62. The molecule has 1 aliphatic heterocycles. The second-order valence-electron chi connectivity index (χ2n) is 4.42. The third-order valence-corrected chi connectivity index (χ3v) is 2.99. The number of para-hydroxylation sites is 1. The van der Waals surface area contributed by atoms with E-state index in [9.17, 15) is 4.79 Å². The number of nitrogens with zero attached hydrogens (tertiary/aromatic N) is 1. The Labute approximate surface area is 123 Å². The molecule has 1 aliphatic rings. The Bertz CT molecular complexity index is 654. The topological polar surface area (TPSA) is 71.4 Å². The van der Waals surface area contributed by atoms with E-state index < -0.39 is 0 Å². The SMILES string of the molecule is CCNC(=O)C(C#N)=CC1=Cc2cccc(OC)c2OC1. The van der Waals surface area contributed by atoms with Crippen LogP contribution in [0.1, 0.15) is 12.5 Å². The van der Waals surface area contributed by atoms with E-state index in [1.807, 2.05) is 30.3 Å². The van der Waals surface area contributed by atoms with Gasteiger partial charge in [-0.3, -0.25) is 4.79 Å². The Morgan fingerprint density at radius 3 is 3.05 bits per heavy atom. The molecule has 5 heteroatoms. The summed E-state index contributed by atoms with van der Waals surface area (Å²) in [6.45, 7) is 2.57. The molecule has 1 aromatic rings. The second-order valence-corrected chi connectivity index (χ2v) is 4.42. The molecule has 0 fully saturated rings. The molecule has 0 aliphatic carbocycles. The van der Waals surface area contributed by atoms with Crippen LogP contribution in [0, 0.1) is 11.3 Å². The third kappa shape index (κ3) is 3.23. The Balaban J connectivity index is 2.32. The number of benzene rings is 1. The first-order valence-electron chi connectivity index (χ1n) is 6.60. The van der Waals surface area contributed by atoms with E-state index in [0.29, 0.717) is 18.0 Å². The Morgan fingerprint density at radius 1 is 1.57 bits per heavy atom. The zero-order chi connectivity index (χ0) is 15.2. The lowest BCUT2D eigenvalue weighted by Gasteiger charge is -2.18. The molecule has 2 rings (SSSR count). The van der Waals surface area contributed by atoms with Crippen LogP contribution in [0.5, 0.6) is 11.5 Å². The average Bonchev–Trinajstić information content (AvgIpc) is 2.51. The highest BCUT2D eigenvalue weighted by atomic mass is 16.5. The third-order valence-electron chi connectivity index (χ3n) is 2.99. The van der Waals surface area contributed by atoms with E-state index in [1.54, 1.807) is 20.1 Å². The minimum Gasteiger partial charge on any atom is -0.493 e. The van der Waals surface area contributed by atoms with E-state index in [4.69, 9.17) is 14.7 Å². The molecule has 0 saturated heterocycles. The van der Waals surface area contributed by atoms with Crippen LogP contribution in [-0.2, 0) is 4.79 Å². The lowest BCUT2D eigenvalue weighted by molar-refractivity contribution is -0.117. The van der Waals surface area contributed by atoms with Gasteiger partial charge >= 0.3 is 0 Å². The number of likely N-dealkylation sites (N-methyl/N-ethyl adjacent to an activating group) is 1. The van der Waals surface area contributed by atoms with Crippen LogP contribution in [0.4, 0.5) is 0 Å². The molecule has 0 unspecified atom stereocenters. The zero-order valence-electron chi connectivity index (χ0n) is 12.0. The summed E-state index contributed by atoms with van der Waals surface area (Å²) in [7, 11) is 1.58. The molecule has 5 nitrogen and oxygen atoms in total. The Kier molecular flexibility index (Phi) is 4.62. The van der Waals surface area contributed by atoms with Gasteiger partial charge in [-0.2, -0.15) is 5.26 Å². The molecule has 1 amide bonds. The fourth-order valence-corrected chi connectivity index (χ4v) is 2.03. The van der Waals surface area contributed by atoms with Crippen molar-refractivity contribution in [2.24, 2.45) is 0 Å². The van der Waals surface area contributed by atoms with E-state index in [2.05, 4.69) is 5.32 Å². The maximum atomic E-state index is 11.7. The van der Waals surface area contributed by atoms with Gasteiger partial charge in [0.15, 0.2) is 11.5 Å². The quantitative estimate of drug-likeness (QED) is 0.678. The predicted octanol–water partition coefficient (Wildman–Crippen LogP) is 2.06. The van der Waals surface area contributed by atoms with Crippen molar-refractivity contribution in [2.75, 3.05) is 20.3 Å². The van der Waals surface area contributed by atoms with Crippen molar-refractivity contribution in [2.45, 2.75) is 6.92 Å². The predicted molar refractivity (Wildman–Crippen MR) is 78.8 cm³/mol. The molecule has 0 saturated carbocycles. The first-order valence-corrected chi connectivity index (χ1v) is 6.60. The maximum Gasteiger partial charge on any atom is 0.261 e. The number of rotatable bonds is 4. The summed E-state index contributed by atoms with van der Waals surface area (Å²) in [4.78, 5) is 11.7. The molecule has 21 heavy (non-hydrogen) atoms. The summed E-state index contributed by atoms with van der Waals surface area (Å²) in [6, 6.07) is 7.48. The molecule has 1 N–H and O–H groups in total. The van der Waals surface area contributed by atoms with Crippen molar-refractivity contribution < 1.29 is 14.3 Å². The van der Waals surface area contributed by atoms with Gasteiger partial charge in [0.05, 0.1) is 7.11 Å². The average molecular weight is 284 g/mol. The van der Waals surface area contributed by atoms with Crippen LogP contribution in [-0.4, -0.2) is 26.2 Å². The van der Waals surface area contributed by atoms with Crippen LogP contribution in [0.15, 0.2) is 35.4 Å². The Morgan fingerprint density at radius 2 is 2.38 bits per heavy atom. The molecule has 0 radical (unpaired) electrons. The Hall–Kier alpha value is -2.74. The van der Waals surface area contributed by atoms with Crippen molar-refractivity contribution in [3.8, 4) is 17.6 Å². The summed E-state index contributed by atoms with van der Waals surface area (Å²) in [5.74, 6) is 0.960. The monoisotopic (exact) mass is 284 g/mol. The van der Waals surface area contributed by atoms with Gasteiger partial charge < -0.3 is 14.8 Å². The smallest absolute Gasteiger partial charge is 0.261 e. The normalized spacial score (nSPS) is 13.4. The summed E-state index contributed by atoms with van der Waals surface area (Å²) >= 11 is 0. The molecule has 108 valence electrons. The zero-order valence-corrected chi connectivity index (χ0v) is 12.0. The van der Waals surface area contributed by atoms with Gasteiger partial charge in [0.2, 0.25) is 0 Å². The van der Waals surface area contributed by atoms with Gasteiger partial charge in [0.25, 0.3) is 5.91 Å². The largest absolute Gasteiger partial charge is 0.493 e. The fraction of sp³-hybridized carbons (Fsp3) is 0.250. The standard InChI is InChI=1S/C16H16N2O3/c1-3-18-16(19)13(9-17)8-11-7-12-5-4-6-14(20-2)15(12)21-10-11/h4-8H,3,10H2,1-2H3,(H,18,19). The highest BCUT2D eigenvalue weighted by Crippen LogP contribution is 2.35. The van der Waals surface area contributed by atoms with Crippen molar-refractivity contribution in [1.29, 1.82) is 5.26 Å². The van der Waals surface area contributed by atoms with Crippen LogP contribution in [0.3, 0.4) is 0 Å². The van der Waals surface area contributed by atoms with Crippen molar-refractivity contribution in [3.05, 3.63) is 41.0 Å². The van der Waals surface area contributed by atoms with Crippen LogP contribution < -0.4 is 14.8 Å². The van der Waals surface area contributed by atoms with Gasteiger partial charge in [-0.25, -0.2) is 0 Å². The van der Waals surface area contributed by atoms with Crippen molar-refractivity contribution >= 4 is 12.0 Å². The van der Waals surface area contributed by atoms with Gasteiger partial charge in [-0.15, -0.1) is 0 Å². The number of hydrogen-bond donors (Lipinski definition) is 1. The molecule has 0 bridgehead atoms. The van der Waals surface area contributed by atoms with Crippen LogP contribution >= 0.6 is 0 Å². The number of carbonyl (C=O) groups is 1. The first kappa shape index (κ1) is 14.7. The van der Waals surface area contributed by atoms with Gasteiger partial charge in [0.1, 0.15) is 18.2 Å². The van der Waals surface area contributed by atoms with E-state index >= 15 is 0 Å². The highest BCUT2D eigenvalue weighted by molar-refractivity contribution is 5.98. The van der Waals surface area contributed by atoms with Crippen LogP contribution in [0.2, 0.25) is 0 Å². The number of carbonyl (C=O) groups excluding carboxylic acids is 1. The number of hydrogen-bond acceptors (Lipinski definition) is 4. The fourth-order valence-electron chi connectivity index (χ4n) is 2.03. The number of ether oxygens (including phenoxy) is 2. The molecule has 1 aromatic carbocycles. The van der Waals surface area contributed by atoms with E-state index in [1.165, 1.54) is 0 Å². The maximum absolute atomic E-state index is 11.7. The summed E-state index contributed by atoms with van der Waals surface area (Å²) in [5, 5.41) is 11.7. The summed E-state index contributed by atoms with van der Waals surface area (Å²) in [6.07, 6.45) is 3.44. The molecule has 0 atom stereocenters. The summed E-state index contributed by atoms with van der Waals surface area (Å²) in [5.41, 5.74) is 1.69. The number of fused-ring (bicyclic) bond motifs is 1. The molecule has 0 aromatic heterocycles. The number of nitrogens with one attached hydrogen (secondary N) is 1. The molecule has 1 heterocycles. The summed E-state index contributed by atoms with van der Waals surface area (Å²) < 4.78 is 10.9. The van der Waals surface area contributed by atoms with Gasteiger partial charge in [0, 0.05) is 12.1 Å². The molecular formula is C16H16N2O3. The van der Waals surface area contributed by atoms with E-state index in [-0.39, 0.29) is 18.1 Å². The van der Waals surface area contributed by atoms with Crippen molar-refractivity contribution in [1.82, 2.24) is 5.32 Å². The molecule has 0 spiro atoms. The number of amides is 1. The first-order chi connectivity index (χ1) is 10.2. The number of nitriles is 1. The molecular weight excluding hydrogens is 268 g/mol. The van der Waals surface area contributed by atoms with Gasteiger partial charge in [-0.1, -0.05) is 12.1 Å².